The van der Waals surface area contributed by atoms with Crippen molar-refractivity contribution in [1.29, 1.82) is 0 Å². The lowest BCUT2D eigenvalue weighted by Gasteiger charge is -2.13. The smallest absolute Gasteiger partial charge is 0.339 e. The van der Waals surface area contributed by atoms with Crippen molar-refractivity contribution < 1.29 is 14.3 Å². The van der Waals surface area contributed by atoms with E-state index in [1.165, 1.54) is 30.0 Å². The van der Waals surface area contributed by atoms with Gasteiger partial charge in [0.05, 0.1) is 29.1 Å². The second-order valence-electron chi connectivity index (χ2n) is 5.85. The summed E-state index contributed by atoms with van der Waals surface area (Å²) in [6.07, 6.45) is 0. The van der Waals surface area contributed by atoms with Gasteiger partial charge in [0.1, 0.15) is 0 Å². The molecule has 1 amide bonds. The fraction of sp³-hybridized carbons (Fsp3) is 0.100. The lowest BCUT2D eigenvalue weighted by atomic mass is 10.1. The molecule has 0 bridgehead atoms. The Bertz CT molecular complexity index is 1120. The molecule has 28 heavy (non-hydrogen) atoms. The van der Waals surface area contributed by atoms with E-state index < -0.39 is 17.3 Å². The standard InChI is InChI=1S/C20H16ClN3O4/c1-12-11-17(25)18(23-24(12)16-10-6-4-8-14(16)21)19(26)22-15-9-5-3-7-13(15)20(27)28-2/h3-11H,1-2H3,(H,22,26). The number of ether oxygens (including phenoxy) is 1. The van der Waals surface area contributed by atoms with E-state index in [-0.39, 0.29) is 16.9 Å². The highest BCUT2D eigenvalue weighted by molar-refractivity contribution is 6.32. The minimum Gasteiger partial charge on any atom is -0.465 e. The Kier molecular flexibility index (Phi) is 5.56. The van der Waals surface area contributed by atoms with Gasteiger partial charge in [-0.1, -0.05) is 35.9 Å². The van der Waals surface area contributed by atoms with Crippen LogP contribution in [0.2, 0.25) is 5.02 Å². The van der Waals surface area contributed by atoms with Crippen LogP contribution >= 0.6 is 11.6 Å². The van der Waals surface area contributed by atoms with E-state index in [0.717, 1.165) is 0 Å². The van der Waals surface area contributed by atoms with E-state index >= 15 is 0 Å². The summed E-state index contributed by atoms with van der Waals surface area (Å²) >= 11 is 6.21. The Balaban J connectivity index is 2.02. The van der Waals surface area contributed by atoms with Gasteiger partial charge in [0, 0.05) is 11.8 Å². The summed E-state index contributed by atoms with van der Waals surface area (Å²) in [6, 6.07) is 14.6. The minimum absolute atomic E-state index is 0.164. The number of benzene rings is 2. The number of aryl methyl sites for hydroxylation is 1. The van der Waals surface area contributed by atoms with Gasteiger partial charge in [0.15, 0.2) is 5.69 Å². The average molecular weight is 398 g/mol. The van der Waals surface area contributed by atoms with Crippen molar-refractivity contribution in [3.05, 3.63) is 86.8 Å². The molecular weight excluding hydrogens is 382 g/mol. The number of esters is 1. The molecule has 0 unspecified atom stereocenters. The summed E-state index contributed by atoms with van der Waals surface area (Å²) in [4.78, 5) is 36.9. The molecule has 0 spiro atoms. The van der Waals surface area contributed by atoms with E-state index in [1.54, 1.807) is 43.3 Å². The number of amides is 1. The van der Waals surface area contributed by atoms with E-state index in [1.807, 2.05) is 0 Å². The fourth-order valence-corrected chi connectivity index (χ4v) is 2.85. The molecule has 3 aromatic rings. The van der Waals surface area contributed by atoms with Gasteiger partial charge >= 0.3 is 5.97 Å². The van der Waals surface area contributed by atoms with Crippen LogP contribution in [0.15, 0.2) is 59.4 Å². The highest BCUT2D eigenvalue weighted by Crippen LogP contribution is 2.20. The number of carbonyl (C=O) groups excluding carboxylic acids is 2. The van der Waals surface area contributed by atoms with Gasteiger partial charge in [-0.25, -0.2) is 9.48 Å². The van der Waals surface area contributed by atoms with Gasteiger partial charge < -0.3 is 10.1 Å². The zero-order valence-electron chi connectivity index (χ0n) is 15.1. The maximum absolute atomic E-state index is 12.7. The molecule has 1 heterocycles. The van der Waals surface area contributed by atoms with Crippen molar-refractivity contribution in [3.63, 3.8) is 0 Å². The van der Waals surface area contributed by atoms with Crippen LogP contribution in [-0.4, -0.2) is 28.8 Å². The van der Waals surface area contributed by atoms with Crippen molar-refractivity contribution in [2.75, 3.05) is 12.4 Å². The third-order valence-corrected chi connectivity index (χ3v) is 4.30. The number of para-hydroxylation sites is 2. The zero-order chi connectivity index (χ0) is 20.3. The number of rotatable bonds is 4. The van der Waals surface area contributed by atoms with Gasteiger partial charge in [-0.05, 0) is 31.2 Å². The number of nitrogens with zero attached hydrogens (tertiary/aromatic N) is 2. The fourth-order valence-electron chi connectivity index (χ4n) is 2.63. The summed E-state index contributed by atoms with van der Waals surface area (Å²) in [7, 11) is 1.24. The average Bonchev–Trinajstić information content (AvgIpc) is 2.68. The first-order valence-electron chi connectivity index (χ1n) is 8.27. The molecule has 0 aliphatic heterocycles. The lowest BCUT2D eigenvalue weighted by molar-refractivity contribution is 0.0602. The molecular formula is C20H16ClN3O4. The number of methoxy groups -OCH3 is 1. The van der Waals surface area contributed by atoms with Crippen LogP contribution in [0.3, 0.4) is 0 Å². The topological polar surface area (TPSA) is 90.3 Å². The molecule has 0 fully saturated rings. The predicted octanol–water partition coefficient (Wildman–Crippen LogP) is 3.23. The summed E-state index contributed by atoms with van der Waals surface area (Å²) in [6.45, 7) is 1.69. The number of hydrogen-bond acceptors (Lipinski definition) is 5. The summed E-state index contributed by atoms with van der Waals surface area (Å²) in [5.41, 5.74) is 0.552. The molecule has 8 heteroatoms. The second-order valence-corrected chi connectivity index (χ2v) is 6.26. The van der Waals surface area contributed by atoms with Crippen LogP contribution in [0.1, 0.15) is 26.5 Å². The number of anilines is 1. The predicted molar refractivity (Wildman–Crippen MR) is 105 cm³/mol. The molecule has 0 aliphatic rings. The monoisotopic (exact) mass is 397 g/mol. The third-order valence-electron chi connectivity index (χ3n) is 3.98. The maximum Gasteiger partial charge on any atom is 0.339 e. The molecule has 0 aliphatic carbocycles. The molecule has 142 valence electrons. The van der Waals surface area contributed by atoms with Crippen LogP contribution in [0.25, 0.3) is 5.69 Å². The second kappa shape index (κ2) is 8.06. The van der Waals surface area contributed by atoms with E-state index in [2.05, 4.69) is 10.4 Å². The molecule has 0 saturated carbocycles. The third kappa shape index (κ3) is 3.79. The van der Waals surface area contributed by atoms with Crippen LogP contribution in [0.4, 0.5) is 5.69 Å². The summed E-state index contributed by atoms with van der Waals surface area (Å²) in [5.74, 6) is -1.36. The molecule has 1 aromatic heterocycles. The summed E-state index contributed by atoms with van der Waals surface area (Å²) < 4.78 is 6.13. The number of halogens is 1. The molecule has 1 N–H and O–H groups in total. The van der Waals surface area contributed by atoms with Crippen molar-refractivity contribution in [2.24, 2.45) is 0 Å². The Morgan fingerprint density at radius 1 is 1.11 bits per heavy atom. The molecule has 7 nitrogen and oxygen atoms in total. The van der Waals surface area contributed by atoms with Crippen LogP contribution < -0.4 is 10.7 Å². The molecule has 0 atom stereocenters. The number of aromatic nitrogens is 2. The number of nitrogens with one attached hydrogen (secondary N) is 1. The minimum atomic E-state index is -0.748. The SMILES string of the molecule is COC(=O)c1ccccc1NC(=O)c1nn(-c2ccccc2Cl)c(C)cc1=O. The van der Waals surface area contributed by atoms with Crippen LogP contribution in [-0.2, 0) is 4.74 Å². The molecule has 2 aromatic carbocycles. The van der Waals surface area contributed by atoms with Gasteiger partial charge in [0.2, 0.25) is 5.43 Å². The van der Waals surface area contributed by atoms with Gasteiger partial charge in [-0.3, -0.25) is 9.59 Å². The lowest BCUT2D eigenvalue weighted by Crippen LogP contribution is -2.27. The van der Waals surface area contributed by atoms with E-state index in [4.69, 9.17) is 16.3 Å². The quantitative estimate of drug-likeness (QED) is 0.682. The highest BCUT2D eigenvalue weighted by atomic mass is 35.5. The van der Waals surface area contributed by atoms with Crippen molar-refractivity contribution in [1.82, 2.24) is 9.78 Å². The van der Waals surface area contributed by atoms with E-state index in [0.29, 0.717) is 16.4 Å². The van der Waals surface area contributed by atoms with Crippen LogP contribution in [0.5, 0.6) is 0 Å². The Morgan fingerprint density at radius 2 is 1.79 bits per heavy atom. The van der Waals surface area contributed by atoms with E-state index in [9.17, 15) is 14.4 Å². The molecule has 0 saturated heterocycles. The van der Waals surface area contributed by atoms with Gasteiger partial charge in [-0.15, -0.1) is 0 Å². The van der Waals surface area contributed by atoms with Crippen molar-refractivity contribution >= 4 is 29.2 Å². The maximum atomic E-state index is 12.7. The first-order chi connectivity index (χ1) is 13.4. The largest absolute Gasteiger partial charge is 0.465 e. The first kappa shape index (κ1) is 19.3. The molecule has 3 rings (SSSR count). The van der Waals surface area contributed by atoms with Crippen molar-refractivity contribution in [3.8, 4) is 5.69 Å². The zero-order valence-corrected chi connectivity index (χ0v) is 15.9. The number of hydrogen-bond donors (Lipinski definition) is 1. The Morgan fingerprint density at radius 3 is 2.50 bits per heavy atom. The highest BCUT2D eigenvalue weighted by Gasteiger charge is 2.19. The Labute approximate surface area is 165 Å². The van der Waals surface area contributed by atoms with Gasteiger partial charge in [0.25, 0.3) is 5.91 Å². The summed E-state index contributed by atoms with van der Waals surface area (Å²) in [5, 5.41) is 7.15. The molecule has 0 radical (unpaired) electrons. The first-order valence-corrected chi connectivity index (χ1v) is 8.64. The number of carbonyl (C=O) groups is 2. The van der Waals surface area contributed by atoms with Crippen LogP contribution in [0, 0.1) is 6.92 Å². The van der Waals surface area contributed by atoms with Crippen molar-refractivity contribution in [2.45, 2.75) is 6.92 Å². The Hall–Kier alpha value is -3.45. The normalized spacial score (nSPS) is 10.4. The van der Waals surface area contributed by atoms with Gasteiger partial charge in [-0.2, -0.15) is 5.10 Å².